The Kier molecular flexibility index (Phi) is 5.65. The maximum Gasteiger partial charge on any atom is 0.244 e. The first-order chi connectivity index (χ1) is 14.3. The van der Waals surface area contributed by atoms with Crippen LogP contribution in [0.2, 0.25) is 0 Å². The number of carbonyl (C=O) groups excluding carboxylic acids is 1. The number of nitrogens with one attached hydrogen (secondary N) is 1. The fraction of sp³-hybridized carbons (Fsp3) is 0.455. The molecule has 1 aromatic carbocycles. The molecule has 2 fully saturated rings. The molecule has 8 heteroatoms. The molecule has 0 bridgehead atoms. The highest BCUT2D eigenvalue weighted by Crippen LogP contribution is 2.46. The van der Waals surface area contributed by atoms with Crippen LogP contribution >= 0.6 is 0 Å². The van der Waals surface area contributed by atoms with Crippen molar-refractivity contribution in [1.82, 2.24) is 19.5 Å². The highest BCUT2D eigenvalue weighted by atomic mass is 32.2. The van der Waals surface area contributed by atoms with E-state index in [2.05, 4.69) is 27.3 Å². The summed E-state index contributed by atoms with van der Waals surface area (Å²) in [5.41, 5.74) is 0.833. The van der Waals surface area contributed by atoms with E-state index in [0.29, 0.717) is 26.2 Å². The van der Waals surface area contributed by atoms with Crippen molar-refractivity contribution in [2.75, 3.05) is 26.2 Å². The average molecular weight is 429 g/mol. The zero-order valence-corrected chi connectivity index (χ0v) is 18.2. The Balaban J connectivity index is 1.53. The van der Waals surface area contributed by atoms with E-state index in [4.69, 9.17) is 0 Å². The Morgan fingerprint density at radius 2 is 1.90 bits per heavy atom. The molecule has 1 spiro atoms. The van der Waals surface area contributed by atoms with Crippen LogP contribution in [0.1, 0.15) is 19.4 Å². The summed E-state index contributed by atoms with van der Waals surface area (Å²) in [6.07, 6.45) is 2.93. The number of nitrogens with zero attached hydrogens (tertiary/aromatic N) is 3. The van der Waals surface area contributed by atoms with E-state index >= 15 is 0 Å². The zero-order valence-electron chi connectivity index (χ0n) is 17.4. The molecule has 0 aliphatic carbocycles. The van der Waals surface area contributed by atoms with Gasteiger partial charge in [0.2, 0.25) is 15.9 Å². The maximum absolute atomic E-state index is 13.0. The number of rotatable bonds is 6. The molecule has 1 N–H and O–H groups in total. The van der Waals surface area contributed by atoms with E-state index in [9.17, 15) is 13.2 Å². The van der Waals surface area contributed by atoms with Gasteiger partial charge in [0.1, 0.15) is 4.90 Å². The third-order valence-corrected chi connectivity index (χ3v) is 7.74. The van der Waals surface area contributed by atoms with Crippen LogP contribution in [-0.2, 0) is 21.4 Å². The molecular formula is C22H28N4O3S. The lowest BCUT2D eigenvalue weighted by atomic mass is 9.72. The molecule has 1 unspecified atom stereocenters. The van der Waals surface area contributed by atoms with Crippen LogP contribution in [0, 0.1) is 11.3 Å². The topological polar surface area (TPSA) is 82.6 Å². The molecule has 2 aromatic rings. The van der Waals surface area contributed by atoms with E-state index in [1.165, 1.54) is 16.1 Å². The molecule has 30 heavy (non-hydrogen) atoms. The predicted molar refractivity (Wildman–Crippen MR) is 114 cm³/mol. The SMILES string of the molecule is CC(C)NC(=O)C1CN(Cc2ccccc2)CC12CN(S(=O)(=O)c1cccnc1)C2. The van der Waals surface area contributed by atoms with E-state index in [1.807, 2.05) is 32.0 Å². The van der Waals surface area contributed by atoms with Gasteiger partial charge >= 0.3 is 0 Å². The number of likely N-dealkylation sites (tertiary alicyclic amines) is 1. The quantitative estimate of drug-likeness (QED) is 0.758. The van der Waals surface area contributed by atoms with Crippen molar-refractivity contribution in [3.05, 3.63) is 60.4 Å². The Labute approximate surface area is 178 Å². The van der Waals surface area contributed by atoms with Crippen LogP contribution in [0.5, 0.6) is 0 Å². The van der Waals surface area contributed by atoms with Crippen molar-refractivity contribution in [2.24, 2.45) is 11.3 Å². The Hall–Kier alpha value is -2.29. The lowest BCUT2D eigenvalue weighted by Crippen LogP contribution is -2.64. The van der Waals surface area contributed by atoms with E-state index in [-0.39, 0.29) is 28.2 Å². The molecule has 2 aliphatic rings. The van der Waals surface area contributed by atoms with Crippen molar-refractivity contribution < 1.29 is 13.2 Å². The minimum atomic E-state index is -3.59. The van der Waals surface area contributed by atoms with Crippen molar-refractivity contribution in [3.63, 3.8) is 0 Å². The van der Waals surface area contributed by atoms with Gasteiger partial charge in [-0.1, -0.05) is 30.3 Å². The lowest BCUT2D eigenvalue weighted by Gasteiger charge is -2.49. The van der Waals surface area contributed by atoms with Gasteiger partial charge in [0.05, 0.1) is 5.92 Å². The molecule has 1 aromatic heterocycles. The second-order valence-electron chi connectivity index (χ2n) is 8.70. The molecule has 7 nitrogen and oxygen atoms in total. The molecule has 3 heterocycles. The molecule has 0 saturated carbocycles. The zero-order chi connectivity index (χ0) is 21.4. The van der Waals surface area contributed by atoms with Gasteiger partial charge in [-0.3, -0.25) is 14.7 Å². The molecule has 1 amide bonds. The number of amides is 1. The molecular weight excluding hydrogens is 400 g/mol. The molecule has 4 rings (SSSR count). The van der Waals surface area contributed by atoms with Gasteiger partial charge in [-0.2, -0.15) is 4.31 Å². The Morgan fingerprint density at radius 3 is 2.53 bits per heavy atom. The van der Waals surface area contributed by atoms with Crippen molar-refractivity contribution in [3.8, 4) is 0 Å². The average Bonchev–Trinajstić information content (AvgIpc) is 3.07. The maximum atomic E-state index is 13.0. The van der Waals surface area contributed by atoms with Crippen LogP contribution < -0.4 is 5.32 Å². The number of carbonyl (C=O) groups is 1. The number of hydrogen-bond donors (Lipinski definition) is 1. The number of benzene rings is 1. The highest BCUT2D eigenvalue weighted by Gasteiger charge is 2.59. The summed E-state index contributed by atoms with van der Waals surface area (Å²) in [4.78, 5) is 19.4. The van der Waals surface area contributed by atoms with Crippen molar-refractivity contribution in [1.29, 1.82) is 0 Å². The summed E-state index contributed by atoms with van der Waals surface area (Å²) in [5, 5.41) is 3.03. The lowest BCUT2D eigenvalue weighted by molar-refractivity contribution is -0.130. The largest absolute Gasteiger partial charge is 0.354 e. The Bertz CT molecular complexity index is 990. The fourth-order valence-corrected chi connectivity index (χ4v) is 6.17. The van der Waals surface area contributed by atoms with E-state index < -0.39 is 10.0 Å². The first-order valence-corrected chi connectivity index (χ1v) is 11.7. The second kappa shape index (κ2) is 8.09. The monoisotopic (exact) mass is 428 g/mol. The second-order valence-corrected chi connectivity index (χ2v) is 10.6. The number of hydrogen-bond acceptors (Lipinski definition) is 5. The van der Waals surface area contributed by atoms with Crippen LogP contribution in [-0.4, -0.2) is 60.7 Å². The molecule has 2 saturated heterocycles. The summed E-state index contributed by atoms with van der Waals surface area (Å²) in [6, 6.07) is 13.4. The van der Waals surface area contributed by atoms with Gasteiger partial charge in [-0.15, -0.1) is 0 Å². The summed E-state index contributed by atoms with van der Waals surface area (Å²) in [6.45, 7) is 6.69. The van der Waals surface area contributed by atoms with Gasteiger partial charge in [0.25, 0.3) is 0 Å². The summed E-state index contributed by atoms with van der Waals surface area (Å²) in [7, 11) is -3.59. The number of pyridine rings is 1. The smallest absolute Gasteiger partial charge is 0.244 e. The van der Waals surface area contributed by atoms with Gasteiger partial charge in [-0.05, 0) is 31.5 Å². The molecule has 160 valence electrons. The molecule has 2 aliphatic heterocycles. The van der Waals surface area contributed by atoms with Crippen molar-refractivity contribution in [2.45, 2.75) is 31.3 Å². The van der Waals surface area contributed by atoms with E-state index in [1.54, 1.807) is 18.3 Å². The Morgan fingerprint density at radius 1 is 1.17 bits per heavy atom. The normalized spacial score (nSPS) is 21.6. The first kappa shape index (κ1) is 21.0. The summed E-state index contributed by atoms with van der Waals surface area (Å²) in [5.74, 6) is -0.219. The standard InChI is InChI=1S/C22H28N4O3S/c1-17(2)24-21(27)20-13-25(12-18-7-4-3-5-8-18)14-22(20)15-26(16-22)30(28,29)19-9-6-10-23-11-19/h3-11,17,20H,12-16H2,1-2H3,(H,24,27). The van der Waals surface area contributed by atoms with Gasteiger partial charge in [0.15, 0.2) is 0 Å². The number of aromatic nitrogens is 1. The van der Waals surface area contributed by atoms with Crippen LogP contribution in [0.3, 0.4) is 0 Å². The van der Waals surface area contributed by atoms with Crippen LogP contribution in [0.15, 0.2) is 59.8 Å². The fourth-order valence-electron chi connectivity index (χ4n) is 4.58. The predicted octanol–water partition coefficient (Wildman–Crippen LogP) is 1.73. The minimum Gasteiger partial charge on any atom is -0.354 e. The van der Waals surface area contributed by atoms with Crippen LogP contribution in [0.4, 0.5) is 0 Å². The van der Waals surface area contributed by atoms with Gasteiger partial charge < -0.3 is 5.32 Å². The number of sulfonamides is 1. The summed E-state index contributed by atoms with van der Waals surface area (Å²) >= 11 is 0. The highest BCUT2D eigenvalue weighted by molar-refractivity contribution is 7.89. The van der Waals surface area contributed by atoms with E-state index in [0.717, 1.165) is 6.54 Å². The molecule has 0 radical (unpaired) electrons. The minimum absolute atomic E-state index is 0.0130. The van der Waals surface area contributed by atoms with Gasteiger partial charge in [-0.25, -0.2) is 8.42 Å². The van der Waals surface area contributed by atoms with Crippen LogP contribution in [0.25, 0.3) is 0 Å². The third-order valence-electron chi connectivity index (χ3n) is 5.97. The summed E-state index contributed by atoms with van der Waals surface area (Å²) < 4.78 is 27.4. The first-order valence-electron chi connectivity index (χ1n) is 10.3. The third kappa shape index (κ3) is 3.99. The van der Waals surface area contributed by atoms with Gasteiger partial charge in [0, 0.05) is 56.6 Å². The van der Waals surface area contributed by atoms with Crippen molar-refractivity contribution >= 4 is 15.9 Å². The molecule has 1 atom stereocenters.